The highest BCUT2D eigenvalue weighted by Crippen LogP contribution is 2.71. The minimum atomic E-state index is -2.01. The average Bonchev–Trinajstić information content (AvgIpc) is 3.36. The van der Waals surface area contributed by atoms with Gasteiger partial charge >= 0.3 is 11.9 Å². The fourth-order valence-electron chi connectivity index (χ4n) is 14.3. The van der Waals surface area contributed by atoms with E-state index in [0.29, 0.717) is 32.1 Å². The standard InChI is InChI=1S/C57H79NO18/c1-31-46(60)50(68-9)47(61)52(71-31)76-49-33(3)70-45(28-40(49)67-8)75-48-32(2)69-44(27-39(48)66-7)73-38-20-21-53(5)37(26-38)19-22-56(64)41(53)29-42(74-43(59)18-17-35-14-11-10-12-15-35)54(6)55(63,23-24-57(54,56)65)34(4)72-51(62)36-16-13-25-58-30-36/h10-19,25,30-34,38-42,44-50,52,60-61,63-65H,20-24,26-29H2,1-9H3/b18-17+/t31-,32-,33-,34+,38+,39+,40+,41-,42-,44+,45+,46-,47-,48-,49-,50+,52+,53+,54-,55+,56+,57-/m1/s1. The summed E-state index contributed by atoms with van der Waals surface area (Å²) in [6.07, 6.45) is -1.79. The van der Waals surface area contributed by atoms with E-state index in [4.69, 9.17) is 52.1 Å². The molecule has 2 aromatic rings. The number of aliphatic hydroxyl groups excluding tert-OH is 2. The van der Waals surface area contributed by atoms with Crippen LogP contribution in [0.5, 0.6) is 0 Å². The third-order valence-corrected chi connectivity index (χ3v) is 18.8. The van der Waals surface area contributed by atoms with E-state index in [1.165, 1.54) is 25.6 Å². The van der Waals surface area contributed by atoms with Gasteiger partial charge in [-0.05, 0) is 102 Å². The summed E-state index contributed by atoms with van der Waals surface area (Å²) in [6.45, 7) is 10.7. The molecule has 420 valence electrons. The van der Waals surface area contributed by atoms with E-state index in [2.05, 4.69) is 11.9 Å². The molecule has 19 nitrogen and oxygen atoms in total. The molecule has 5 N–H and O–H groups in total. The molecule has 22 atom stereocenters. The van der Waals surface area contributed by atoms with Crippen LogP contribution in [-0.4, -0.2) is 179 Å². The maximum Gasteiger partial charge on any atom is 0.340 e. The van der Waals surface area contributed by atoms with Crippen molar-refractivity contribution in [3.8, 4) is 0 Å². The highest BCUT2D eigenvalue weighted by molar-refractivity contribution is 5.89. The Morgan fingerprint density at radius 3 is 2.09 bits per heavy atom. The van der Waals surface area contributed by atoms with Crippen molar-refractivity contribution < 1.29 is 87.2 Å². The normalized spacial score (nSPS) is 44.7. The number of rotatable bonds is 15. The zero-order chi connectivity index (χ0) is 54.5. The molecule has 9 rings (SSSR count). The lowest BCUT2D eigenvalue weighted by molar-refractivity contribution is -0.352. The summed E-state index contributed by atoms with van der Waals surface area (Å²) >= 11 is 0. The molecule has 6 fully saturated rings. The van der Waals surface area contributed by atoms with Crippen molar-refractivity contribution in [1.29, 1.82) is 0 Å². The first-order valence-electron chi connectivity index (χ1n) is 26.9. The summed E-state index contributed by atoms with van der Waals surface area (Å²) in [6, 6.07) is 12.5. The Bertz CT molecular complexity index is 2400. The largest absolute Gasteiger partial charge is 0.458 e. The Balaban J connectivity index is 0.881. The third kappa shape index (κ3) is 10.0. The summed E-state index contributed by atoms with van der Waals surface area (Å²) < 4.78 is 68.0. The van der Waals surface area contributed by atoms with Gasteiger partial charge in [-0.2, -0.15) is 0 Å². The molecular weight excluding hydrogens is 987 g/mol. The Kier molecular flexibility index (Phi) is 16.8. The van der Waals surface area contributed by atoms with Crippen LogP contribution >= 0.6 is 0 Å². The van der Waals surface area contributed by atoms with E-state index in [9.17, 15) is 35.1 Å². The molecule has 76 heavy (non-hydrogen) atoms. The summed E-state index contributed by atoms with van der Waals surface area (Å²) in [7, 11) is 4.60. The fourth-order valence-corrected chi connectivity index (χ4v) is 14.3. The molecule has 0 bridgehead atoms. The number of fused-ring (bicyclic) bond motifs is 5. The number of carbonyl (C=O) groups is 2. The number of hydrogen-bond acceptors (Lipinski definition) is 19. The number of hydrogen-bond donors (Lipinski definition) is 5. The molecule has 1 aromatic carbocycles. The first-order valence-corrected chi connectivity index (χ1v) is 26.9. The predicted octanol–water partition coefficient (Wildman–Crippen LogP) is 4.72. The third-order valence-electron chi connectivity index (χ3n) is 18.8. The number of nitrogens with zero attached hydrogens (tertiary/aromatic N) is 1. The van der Waals surface area contributed by atoms with Crippen molar-refractivity contribution in [3.63, 3.8) is 0 Å². The Morgan fingerprint density at radius 2 is 1.45 bits per heavy atom. The van der Waals surface area contributed by atoms with Crippen LogP contribution in [0.2, 0.25) is 0 Å². The smallest absolute Gasteiger partial charge is 0.340 e. The van der Waals surface area contributed by atoms with E-state index in [-0.39, 0.29) is 37.4 Å². The molecule has 0 amide bonds. The summed E-state index contributed by atoms with van der Waals surface area (Å²) in [4.78, 5) is 31.4. The van der Waals surface area contributed by atoms with Crippen LogP contribution in [0.1, 0.15) is 115 Å². The average molecular weight is 1070 g/mol. The number of aromatic nitrogens is 1. The summed E-state index contributed by atoms with van der Waals surface area (Å²) in [5, 5.41) is 61.0. The first kappa shape index (κ1) is 56.9. The predicted molar refractivity (Wildman–Crippen MR) is 271 cm³/mol. The Morgan fingerprint density at radius 1 is 0.776 bits per heavy atom. The lowest BCUT2D eigenvalue weighted by atomic mass is 9.42. The topological polar surface area (TPSA) is 250 Å². The molecule has 0 unspecified atom stereocenters. The molecular formula is C57H79NO18. The van der Waals surface area contributed by atoms with Crippen molar-refractivity contribution in [2.45, 2.75) is 214 Å². The van der Waals surface area contributed by atoms with Gasteiger partial charge in [0.15, 0.2) is 18.9 Å². The van der Waals surface area contributed by atoms with Gasteiger partial charge in [-0.1, -0.05) is 55.8 Å². The number of esters is 2. The lowest BCUT2D eigenvalue weighted by Gasteiger charge is -2.67. The van der Waals surface area contributed by atoms with E-state index in [0.717, 1.165) is 11.1 Å². The van der Waals surface area contributed by atoms with Gasteiger partial charge in [-0.25, -0.2) is 9.59 Å². The van der Waals surface area contributed by atoms with Gasteiger partial charge in [-0.15, -0.1) is 0 Å². The van der Waals surface area contributed by atoms with Crippen molar-refractivity contribution in [3.05, 3.63) is 83.7 Å². The number of ether oxygens (including phenoxy) is 11. The molecule has 1 aromatic heterocycles. The molecule has 3 aliphatic heterocycles. The van der Waals surface area contributed by atoms with Crippen molar-refractivity contribution in [1.82, 2.24) is 4.98 Å². The number of aliphatic hydroxyl groups is 5. The maximum absolute atomic E-state index is 13.9. The monoisotopic (exact) mass is 1070 g/mol. The molecule has 4 aliphatic carbocycles. The van der Waals surface area contributed by atoms with Crippen LogP contribution in [-0.2, 0) is 56.9 Å². The second-order valence-electron chi connectivity index (χ2n) is 22.7. The molecule has 0 radical (unpaired) electrons. The van der Waals surface area contributed by atoms with Gasteiger partial charge in [0.2, 0.25) is 0 Å². The minimum absolute atomic E-state index is 0.0534. The van der Waals surface area contributed by atoms with Gasteiger partial charge < -0.3 is 77.6 Å². The Labute approximate surface area is 445 Å². The van der Waals surface area contributed by atoms with Crippen LogP contribution in [0, 0.1) is 16.7 Å². The SMILES string of the molecule is CO[C@@H]1[C@@H](O)[C@H](O[C@H]2[C@@H](OC)C[C@H](O[C@H]3[C@@H](OC)C[C@H](O[C@H]4CC[C@@]5(C)C(=CC[C@]6(O)[C@@H]5C[C@@H](OC(=O)/C=C/c5ccccc5)[C@@]5(C)[C@]6(O)CC[C@]5(O)[C@H](C)OC(=O)c5cccnc5)C4)O[C@@H]3C)O[C@@H]2C)O[C@H](C)[C@H]1O. The first-order chi connectivity index (χ1) is 36.1. The number of carbonyl (C=O) groups excluding carboxylic acids is 2. The van der Waals surface area contributed by atoms with Crippen LogP contribution in [0.4, 0.5) is 0 Å². The van der Waals surface area contributed by atoms with Gasteiger partial charge in [0.25, 0.3) is 0 Å². The fraction of sp³-hybridized carbons (Fsp3) is 0.702. The van der Waals surface area contributed by atoms with Crippen LogP contribution in [0.15, 0.2) is 72.6 Å². The van der Waals surface area contributed by atoms with Crippen molar-refractivity contribution >= 4 is 18.0 Å². The zero-order valence-corrected chi connectivity index (χ0v) is 45.1. The van der Waals surface area contributed by atoms with E-state index in [1.807, 2.05) is 50.3 Å². The lowest BCUT2D eigenvalue weighted by Crippen LogP contribution is -2.78. The maximum atomic E-state index is 13.9. The highest BCUT2D eigenvalue weighted by atomic mass is 16.8. The van der Waals surface area contributed by atoms with Crippen LogP contribution in [0.3, 0.4) is 0 Å². The second kappa shape index (κ2) is 22.4. The van der Waals surface area contributed by atoms with Crippen molar-refractivity contribution in [2.24, 2.45) is 16.7 Å². The van der Waals surface area contributed by atoms with E-state index < -0.39 is 138 Å². The number of methoxy groups -OCH3 is 3. The highest BCUT2D eigenvalue weighted by Gasteiger charge is 2.81. The molecule has 4 heterocycles. The molecule has 19 heteroatoms. The molecule has 0 spiro atoms. The molecule has 3 saturated heterocycles. The number of benzene rings is 1. The van der Waals surface area contributed by atoms with Crippen LogP contribution in [0.25, 0.3) is 6.08 Å². The van der Waals surface area contributed by atoms with Crippen LogP contribution < -0.4 is 0 Å². The van der Waals surface area contributed by atoms with Crippen molar-refractivity contribution in [2.75, 3.05) is 21.3 Å². The van der Waals surface area contributed by atoms with Gasteiger partial charge in [0.1, 0.15) is 59.5 Å². The minimum Gasteiger partial charge on any atom is -0.458 e. The molecule has 3 saturated carbocycles. The quantitative estimate of drug-likeness (QED) is 0.0919. The zero-order valence-electron chi connectivity index (χ0n) is 45.1. The second-order valence-corrected chi connectivity index (χ2v) is 22.7. The van der Waals surface area contributed by atoms with Gasteiger partial charge in [-0.3, -0.25) is 4.98 Å². The Hall–Kier alpha value is -3.77. The number of pyridine rings is 1. The van der Waals surface area contributed by atoms with Gasteiger partial charge in [0.05, 0.1) is 47.6 Å². The van der Waals surface area contributed by atoms with E-state index >= 15 is 0 Å². The van der Waals surface area contributed by atoms with Gasteiger partial charge in [0, 0.05) is 58.6 Å². The molecule has 7 aliphatic rings. The van der Waals surface area contributed by atoms with E-state index in [1.54, 1.807) is 53.2 Å². The summed E-state index contributed by atoms with van der Waals surface area (Å²) in [5.74, 6) is -2.02. The summed E-state index contributed by atoms with van der Waals surface area (Å²) in [5.41, 5.74) is -6.13.